The molecule has 2 rings (SSSR count). The Balaban J connectivity index is 0.00000220. The van der Waals surface area contributed by atoms with Crippen molar-refractivity contribution in [1.82, 2.24) is 5.32 Å². The third kappa shape index (κ3) is 4.57. The molecule has 1 amide bonds. The highest BCUT2D eigenvalue weighted by Crippen LogP contribution is 2.44. The van der Waals surface area contributed by atoms with Crippen molar-refractivity contribution in [3.05, 3.63) is 0 Å². The van der Waals surface area contributed by atoms with Gasteiger partial charge in [0.2, 0.25) is 5.91 Å². The van der Waals surface area contributed by atoms with Crippen molar-refractivity contribution in [2.24, 2.45) is 17.1 Å². The second-order valence-corrected chi connectivity index (χ2v) is 6.59. The molecule has 2 aliphatic carbocycles. The Kier molecular flexibility index (Phi) is 7.99. The van der Waals surface area contributed by atoms with Crippen LogP contribution in [0.25, 0.3) is 0 Å². The Morgan fingerprint density at radius 3 is 2.43 bits per heavy atom. The van der Waals surface area contributed by atoms with Gasteiger partial charge in [0.25, 0.3) is 0 Å². The summed E-state index contributed by atoms with van der Waals surface area (Å²) in [7, 11) is 1.70. The predicted molar refractivity (Wildman–Crippen MR) is 87.6 cm³/mol. The zero-order chi connectivity index (χ0) is 14.4. The van der Waals surface area contributed by atoms with Gasteiger partial charge in [0, 0.05) is 26.3 Å². The summed E-state index contributed by atoms with van der Waals surface area (Å²) in [6.07, 6.45) is 10.3. The summed E-state index contributed by atoms with van der Waals surface area (Å²) in [5.74, 6) is 0.805. The molecule has 0 aromatic rings. The number of rotatable bonds is 7. The van der Waals surface area contributed by atoms with Crippen molar-refractivity contribution in [2.75, 3.05) is 20.3 Å². The van der Waals surface area contributed by atoms with Crippen molar-refractivity contribution in [1.29, 1.82) is 0 Å². The first kappa shape index (κ1) is 18.7. The number of hydrogen-bond acceptors (Lipinski definition) is 3. The molecule has 4 nitrogen and oxygen atoms in total. The molecule has 124 valence electrons. The van der Waals surface area contributed by atoms with Crippen LogP contribution in [0.5, 0.6) is 0 Å². The number of amides is 1. The molecule has 1 atom stereocenters. The maximum Gasteiger partial charge on any atom is 0.226 e. The number of nitrogens with one attached hydrogen (secondary N) is 1. The van der Waals surface area contributed by atoms with Gasteiger partial charge in [-0.25, -0.2) is 0 Å². The molecule has 0 bridgehead atoms. The fraction of sp³-hybridized carbons (Fsp3) is 0.938. The Bertz CT molecular complexity index is 315. The lowest BCUT2D eigenvalue weighted by atomic mass is 9.66. The van der Waals surface area contributed by atoms with E-state index in [1.165, 1.54) is 32.1 Å². The molecule has 3 N–H and O–H groups in total. The van der Waals surface area contributed by atoms with Crippen LogP contribution < -0.4 is 11.1 Å². The van der Waals surface area contributed by atoms with E-state index in [4.69, 9.17) is 10.5 Å². The molecule has 0 spiro atoms. The predicted octanol–water partition coefficient (Wildman–Crippen LogP) is 2.64. The maximum atomic E-state index is 12.6. The molecule has 2 fully saturated rings. The van der Waals surface area contributed by atoms with Gasteiger partial charge in [-0.15, -0.1) is 12.4 Å². The summed E-state index contributed by atoms with van der Waals surface area (Å²) in [6, 6.07) is 0.169. The van der Waals surface area contributed by atoms with Gasteiger partial charge in [0.1, 0.15) is 0 Å². The third-order valence-corrected chi connectivity index (χ3v) is 5.37. The molecule has 0 saturated heterocycles. The van der Waals surface area contributed by atoms with Crippen molar-refractivity contribution in [3.8, 4) is 0 Å². The molecular formula is C16H31ClN2O2. The van der Waals surface area contributed by atoms with Gasteiger partial charge in [-0.2, -0.15) is 0 Å². The third-order valence-electron chi connectivity index (χ3n) is 5.37. The van der Waals surface area contributed by atoms with Gasteiger partial charge >= 0.3 is 0 Å². The maximum absolute atomic E-state index is 12.6. The van der Waals surface area contributed by atoms with E-state index in [2.05, 4.69) is 5.32 Å². The molecule has 2 aliphatic rings. The first-order valence-corrected chi connectivity index (χ1v) is 8.22. The van der Waals surface area contributed by atoms with Gasteiger partial charge in [-0.1, -0.05) is 25.7 Å². The summed E-state index contributed by atoms with van der Waals surface area (Å²) >= 11 is 0. The number of methoxy groups -OCH3 is 1. The average molecular weight is 319 g/mol. The lowest BCUT2D eigenvalue weighted by molar-refractivity contribution is -0.138. The molecule has 0 radical (unpaired) electrons. The summed E-state index contributed by atoms with van der Waals surface area (Å²) in [4.78, 5) is 12.6. The standard InChI is InChI=1S/C16H30N2O2.ClH/c1-20-11-10-16(8-5-9-16)15(19)18-14(12-17)13-6-3-2-4-7-13;/h13-14H,2-12,17H2,1H3,(H,18,19);1H. The largest absolute Gasteiger partial charge is 0.385 e. The van der Waals surface area contributed by atoms with E-state index in [9.17, 15) is 4.79 Å². The highest BCUT2D eigenvalue weighted by molar-refractivity contribution is 5.85. The minimum Gasteiger partial charge on any atom is -0.385 e. The number of nitrogens with two attached hydrogens (primary N) is 1. The van der Waals surface area contributed by atoms with E-state index in [1.54, 1.807) is 7.11 Å². The van der Waals surface area contributed by atoms with Crippen LogP contribution in [0.3, 0.4) is 0 Å². The highest BCUT2D eigenvalue weighted by atomic mass is 35.5. The van der Waals surface area contributed by atoms with Crippen LogP contribution in [0, 0.1) is 11.3 Å². The highest BCUT2D eigenvalue weighted by Gasteiger charge is 2.44. The van der Waals surface area contributed by atoms with Crippen molar-refractivity contribution < 1.29 is 9.53 Å². The summed E-state index contributed by atoms with van der Waals surface area (Å²) < 4.78 is 5.17. The number of hydrogen-bond donors (Lipinski definition) is 2. The lowest BCUT2D eigenvalue weighted by Crippen LogP contribution is -2.53. The van der Waals surface area contributed by atoms with E-state index in [0.717, 1.165) is 25.7 Å². The SMILES string of the molecule is COCCC1(C(=O)NC(CN)C2CCCCC2)CCC1.Cl. The monoisotopic (exact) mass is 318 g/mol. The van der Waals surface area contributed by atoms with E-state index in [-0.39, 0.29) is 29.8 Å². The summed E-state index contributed by atoms with van der Waals surface area (Å²) in [6.45, 7) is 1.24. The molecule has 0 aliphatic heterocycles. The number of halogens is 1. The van der Waals surface area contributed by atoms with E-state index < -0.39 is 0 Å². The lowest BCUT2D eigenvalue weighted by Gasteiger charge is -2.42. The molecule has 21 heavy (non-hydrogen) atoms. The van der Waals surface area contributed by atoms with Crippen LogP contribution >= 0.6 is 12.4 Å². The van der Waals surface area contributed by atoms with Crippen LogP contribution in [-0.2, 0) is 9.53 Å². The van der Waals surface area contributed by atoms with Gasteiger partial charge in [0.05, 0.1) is 5.41 Å². The fourth-order valence-corrected chi connectivity index (χ4v) is 3.72. The smallest absolute Gasteiger partial charge is 0.226 e. The number of ether oxygens (including phenoxy) is 1. The molecule has 0 heterocycles. The zero-order valence-electron chi connectivity index (χ0n) is 13.2. The summed E-state index contributed by atoms with van der Waals surface area (Å²) in [5, 5.41) is 3.27. The quantitative estimate of drug-likeness (QED) is 0.758. The Labute approximate surface area is 135 Å². The van der Waals surface area contributed by atoms with Crippen molar-refractivity contribution >= 4 is 18.3 Å². The molecule has 2 saturated carbocycles. The molecule has 0 aromatic carbocycles. The second-order valence-electron chi connectivity index (χ2n) is 6.59. The van der Waals surface area contributed by atoms with Gasteiger partial charge in [-0.05, 0) is 38.0 Å². The van der Waals surface area contributed by atoms with Crippen LogP contribution in [-0.4, -0.2) is 32.2 Å². The average Bonchev–Trinajstić information content (AvgIpc) is 2.44. The van der Waals surface area contributed by atoms with Gasteiger partial charge in [0.15, 0.2) is 0 Å². The topological polar surface area (TPSA) is 64.3 Å². The van der Waals surface area contributed by atoms with Crippen LogP contribution in [0.4, 0.5) is 0 Å². The van der Waals surface area contributed by atoms with Crippen LogP contribution in [0.2, 0.25) is 0 Å². The number of carbonyl (C=O) groups excluding carboxylic acids is 1. The second kappa shape index (κ2) is 8.96. The van der Waals surface area contributed by atoms with E-state index >= 15 is 0 Å². The minimum absolute atomic E-state index is 0. The van der Waals surface area contributed by atoms with Gasteiger partial charge in [-0.3, -0.25) is 4.79 Å². The molecular weight excluding hydrogens is 288 g/mol. The van der Waals surface area contributed by atoms with Crippen LogP contribution in [0.15, 0.2) is 0 Å². The fourth-order valence-electron chi connectivity index (χ4n) is 3.72. The first-order chi connectivity index (χ1) is 9.72. The van der Waals surface area contributed by atoms with E-state index in [0.29, 0.717) is 19.1 Å². The number of carbonyl (C=O) groups is 1. The Morgan fingerprint density at radius 2 is 1.95 bits per heavy atom. The van der Waals surface area contributed by atoms with Crippen molar-refractivity contribution in [3.63, 3.8) is 0 Å². The zero-order valence-corrected chi connectivity index (χ0v) is 14.1. The summed E-state index contributed by atoms with van der Waals surface area (Å²) in [5.41, 5.74) is 5.75. The van der Waals surface area contributed by atoms with E-state index in [1.807, 2.05) is 0 Å². The first-order valence-electron chi connectivity index (χ1n) is 8.22. The normalized spacial score (nSPS) is 22.8. The minimum atomic E-state index is -0.169. The molecule has 0 aromatic heterocycles. The van der Waals surface area contributed by atoms with Crippen molar-refractivity contribution in [2.45, 2.75) is 63.8 Å². The van der Waals surface area contributed by atoms with Crippen LogP contribution in [0.1, 0.15) is 57.8 Å². The molecule has 5 heteroatoms. The molecule has 1 unspecified atom stereocenters. The Hall–Kier alpha value is -0.320. The van der Waals surface area contributed by atoms with Gasteiger partial charge < -0.3 is 15.8 Å². The Morgan fingerprint density at radius 1 is 1.29 bits per heavy atom.